The topological polar surface area (TPSA) is 49.7 Å². The van der Waals surface area contributed by atoms with Gasteiger partial charge in [-0.2, -0.15) is 0 Å². The van der Waals surface area contributed by atoms with Crippen molar-refractivity contribution in [3.63, 3.8) is 0 Å². The van der Waals surface area contributed by atoms with Gasteiger partial charge in [-0.15, -0.1) is 45.3 Å². The fourth-order valence-electron chi connectivity index (χ4n) is 4.88. The van der Waals surface area contributed by atoms with Gasteiger partial charge in [0, 0.05) is 52.9 Å². The average molecular weight is 565 g/mol. The Morgan fingerprint density at radius 1 is 0.811 bits per heavy atom. The predicted octanol–water partition coefficient (Wildman–Crippen LogP) is 9.08. The van der Waals surface area contributed by atoms with Crippen LogP contribution in [0.3, 0.4) is 0 Å². The highest BCUT2D eigenvalue weighted by Crippen LogP contribution is 2.44. The third-order valence-electron chi connectivity index (χ3n) is 6.94. The summed E-state index contributed by atoms with van der Waals surface area (Å²) in [6.45, 7) is 2.57. The summed E-state index contributed by atoms with van der Waals surface area (Å²) in [5, 5.41) is 0. The molecule has 0 N–H and O–H groups in total. The molecule has 1 saturated carbocycles. The highest BCUT2D eigenvalue weighted by atomic mass is 32.1. The van der Waals surface area contributed by atoms with Crippen molar-refractivity contribution in [2.75, 3.05) is 6.54 Å². The molecular weight excluding hydrogens is 537 g/mol. The van der Waals surface area contributed by atoms with Crippen LogP contribution >= 0.6 is 45.3 Å². The van der Waals surface area contributed by atoms with Crippen LogP contribution in [-0.2, 0) is 0 Å². The molecular formula is C29H28N2O2S4. The standard InChI is InChI=1S/C29H28N2O2S4/c1-2-3-15-31-28(32)20-16-26(37-27(20)29(31)33)25-14-13-24(36-25)23-12-11-22(35-23)21-10-9-19(34-21)17-30-18-7-5-4-6-8-18/h9-14,16-18H,2-8,15H2,1H3. The summed E-state index contributed by atoms with van der Waals surface area (Å²) in [5.74, 6) is -0.279. The number of thiophene rings is 4. The molecule has 2 amide bonds. The fraction of sp³-hybridized carbons (Fsp3) is 0.345. The van der Waals surface area contributed by atoms with E-state index >= 15 is 0 Å². The number of imide groups is 1. The number of hydrogen-bond donors (Lipinski definition) is 0. The van der Waals surface area contributed by atoms with E-state index in [1.54, 1.807) is 34.0 Å². The van der Waals surface area contributed by atoms with Crippen LogP contribution in [0.4, 0.5) is 0 Å². The Balaban J connectivity index is 1.16. The molecule has 1 aliphatic carbocycles. The van der Waals surface area contributed by atoms with Crippen molar-refractivity contribution in [2.45, 2.75) is 57.9 Å². The zero-order valence-corrected chi connectivity index (χ0v) is 24.0. The molecule has 0 atom stereocenters. The maximum Gasteiger partial charge on any atom is 0.271 e. The average Bonchev–Trinajstić information content (AvgIpc) is 3.74. The lowest BCUT2D eigenvalue weighted by Gasteiger charge is -2.16. The van der Waals surface area contributed by atoms with Gasteiger partial charge >= 0.3 is 0 Å². The molecule has 4 aromatic heterocycles. The zero-order chi connectivity index (χ0) is 25.4. The lowest BCUT2D eigenvalue weighted by molar-refractivity contribution is 0.0653. The number of amides is 2. The van der Waals surface area contributed by atoms with E-state index in [2.05, 4.69) is 49.5 Å². The van der Waals surface area contributed by atoms with E-state index in [9.17, 15) is 9.59 Å². The largest absolute Gasteiger partial charge is 0.288 e. The van der Waals surface area contributed by atoms with Crippen molar-refractivity contribution in [1.29, 1.82) is 0 Å². The second-order valence-corrected chi connectivity index (χ2v) is 13.9. The maximum atomic E-state index is 12.8. The third-order valence-corrected chi connectivity index (χ3v) is 11.8. The van der Waals surface area contributed by atoms with Gasteiger partial charge in [-0.3, -0.25) is 19.5 Å². The Morgan fingerprint density at radius 2 is 1.43 bits per heavy atom. The molecule has 4 nitrogen and oxygen atoms in total. The molecule has 1 aliphatic heterocycles. The number of fused-ring (bicyclic) bond motifs is 1. The lowest BCUT2D eigenvalue weighted by Crippen LogP contribution is -2.30. The number of rotatable bonds is 8. The van der Waals surface area contributed by atoms with Crippen LogP contribution in [0.2, 0.25) is 0 Å². The molecule has 0 unspecified atom stereocenters. The van der Waals surface area contributed by atoms with Crippen LogP contribution in [0, 0.1) is 0 Å². The molecule has 37 heavy (non-hydrogen) atoms. The molecule has 0 radical (unpaired) electrons. The van der Waals surface area contributed by atoms with E-state index < -0.39 is 0 Å². The fourth-order valence-corrected chi connectivity index (χ4v) is 9.14. The number of carbonyl (C=O) groups is 2. The van der Waals surface area contributed by atoms with Gasteiger partial charge in [0.1, 0.15) is 4.88 Å². The Hall–Kier alpha value is -2.39. The van der Waals surface area contributed by atoms with Gasteiger partial charge in [-0.25, -0.2) is 0 Å². The Morgan fingerprint density at radius 3 is 2.08 bits per heavy atom. The number of unbranched alkanes of at least 4 members (excludes halogenated alkanes) is 1. The molecule has 0 bridgehead atoms. The Kier molecular flexibility index (Phi) is 7.25. The SMILES string of the molecule is CCCCN1C(=O)c2cc(-c3ccc(-c4ccc(-c5ccc(C=NC6CCCCC6)s5)s4)s3)sc2C1=O. The van der Waals surface area contributed by atoms with Crippen molar-refractivity contribution >= 4 is 63.4 Å². The van der Waals surface area contributed by atoms with Gasteiger partial charge in [0.15, 0.2) is 0 Å². The summed E-state index contributed by atoms with van der Waals surface area (Å²) in [6, 6.07) is 15.4. The van der Waals surface area contributed by atoms with Crippen molar-refractivity contribution in [3.05, 3.63) is 57.8 Å². The second kappa shape index (κ2) is 10.8. The quantitative estimate of drug-likeness (QED) is 0.158. The van der Waals surface area contributed by atoms with Gasteiger partial charge in [0.2, 0.25) is 0 Å². The monoisotopic (exact) mass is 564 g/mol. The van der Waals surface area contributed by atoms with Crippen molar-refractivity contribution in [2.24, 2.45) is 4.99 Å². The third kappa shape index (κ3) is 5.04. The molecule has 5 heterocycles. The summed E-state index contributed by atoms with van der Waals surface area (Å²) in [5.41, 5.74) is 0.565. The van der Waals surface area contributed by atoms with Crippen LogP contribution in [-0.4, -0.2) is 35.5 Å². The summed E-state index contributed by atoms with van der Waals surface area (Å²) in [4.78, 5) is 40.6. The summed E-state index contributed by atoms with van der Waals surface area (Å²) < 4.78 is 0. The van der Waals surface area contributed by atoms with E-state index in [0.29, 0.717) is 23.0 Å². The Labute approximate surface area is 233 Å². The van der Waals surface area contributed by atoms with Crippen LogP contribution in [0.15, 0.2) is 47.5 Å². The highest BCUT2D eigenvalue weighted by Gasteiger charge is 2.37. The number of hydrogen-bond acceptors (Lipinski definition) is 7. The van der Waals surface area contributed by atoms with Crippen LogP contribution < -0.4 is 0 Å². The van der Waals surface area contributed by atoms with E-state index in [4.69, 9.17) is 4.99 Å². The molecule has 1 fully saturated rings. The van der Waals surface area contributed by atoms with E-state index in [1.807, 2.05) is 6.07 Å². The predicted molar refractivity (Wildman–Crippen MR) is 159 cm³/mol. The van der Waals surface area contributed by atoms with Crippen molar-refractivity contribution in [1.82, 2.24) is 4.90 Å². The summed E-state index contributed by atoms with van der Waals surface area (Å²) in [7, 11) is 0. The second-order valence-electron chi connectivity index (χ2n) is 9.57. The molecule has 190 valence electrons. The minimum absolute atomic E-state index is 0.136. The Bertz CT molecular complexity index is 1430. The summed E-state index contributed by atoms with van der Waals surface area (Å²) >= 11 is 6.77. The van der Waals surface area contributed by atoms with Gasteiger partial charge in [-0.1, -0.05) is 32.6 Å². The van der Waals surface area contributed by atoms with Crippen LogP contribution in [0.25, 0.3) is 29.3 Å². The van der Waals surface area contributed by atoms with Crippen molar-refractivity contribution < 1.29 is 9.59 Å². The molecule has 0 aromatic carbocycles. The van der Waals surface area contributed by atoms with Crippen molar-refractivity contribution in [3.8, 4) is 29.3 Å². The minimum Gasteiger partial charge on any atom is -0.288 e. The minimum atomic E-state index is -0.144. The first kappa shape index (κ1) is 24.9. The first-order valence-electron chi connectivity index (χ1n) is 12.9. The normalized spacial score (nSPS) is 16.4. The zero-order valence-electron chi connectivity index (χ0n) is 20.7. The molecule has 0 spiro atoms. The molecule has 2 aliphatic rings. The van der Waals surface area contributed by atoms with Gasteiger partial charge in [0.25, 0.3) is 11.8 Å². The summed E-state index contributed by atoms with van der Waals surface area (Å²) in [6.07, 6.45) is 10.3. The van der Waals surface area contributed by atoms with Gasteiger partial charge < -0.3 is 0 Å². The van der Waals surface area contributed by atoms with E-state index in [1.165, 1.54) is 72.7 Å². The highest BCUT2D eigenvalue weighted by molar-refractivity contribution is 7.29. The van der Waals surface area contributed by atoms with E-state index in [-0.39, 0.29) is 11.8 Å². The first-order valence-corrected chi connectivity index (χ1v) is 16.2. The van der Waals surface area contributed by atoms with Crippen LogP contribution in [0.1, 0.15) is 76.8 Å². The molecule has 8 heteroatoms. The maximum absolute atomic E-state index is 12.8. The molecule has 4 aromatic rings. The number of aliphatic imine (C=N–C) groups is 1. The smallest absolute Gasteiger partial charge is 0.271 e. The van der Waals surface area contributed by atoms with Crippen LogP contribution in [0.5, 0.6) is 0 Å². The number of nitrogens with zero attached hydrogens (tertiary/aromatic N) is 2. The molecule has 6 rings (SSSR count). The van der Waals surface area contributed by atoms with E-state index in [0.717, 1.165) is 22.6 Å². The van der Waals surface area contributed by atoms with Gasteiger partial charge in [0.05, 0.1) is 5.56 Å². The van der Waals surface area contributed by atoms with Gasteiger partial charge in [-0.05, 0) is 61.7 Å². The number of carbonyl (C=O) groups excluding carboxylic acids is 2. The first-order chi connectivity index (χ1) is 18.1. The molecule has 0 saturated heterocycles. The lowest BCUT2D eigenvalue weighted by atomic mass is 9.96.